The van der Waals surface area contributed by atoms with E-state index >= 15 is 0 Å². The van der Waals surface area contributed by atoms with Crippen LogP contribution >= 0.6 is 0 Å². The molecule has 1 N–H and O–H groups in total. The van der Waals surface area contributed by atoms with E-state index in [-0.39, 0.29) is 11.9 Å². The molecule has 0 radical (unpaired) electrons. The number of piperidine rings is 1. The summed E-state index contributed by atoms with van der Waals surface area (Å²) in [6, 6.07) is 8.45. The Bertz CT molecular complexity index is 709. The number of rotatable bonds is 6. The van der Waals surface area contributed by atoms with Crippen LogP contribution in [0.1, 0.15) is 43.1 Å². The van der Waals surface area contributed by atoms with Crippen molar-refractivity contribution in [2.24, 2.45) is 0 Å². The van der Waals surface area contributed by atoms with Gasteiger partial charge in [0.2, 0.25) is 5.91 Å². The second kappa shape index (κ2) is 8.30. The summed E-state index contributed by atoms with van der Waals surface area (Å²) in [5.41, 5.74) is 2.36. The van der Waals surface area contributed by atoms with Crippen molar-refractivity contribution >= 4 is 5.91 Å². The zero-order chi connectivity index (χ0) is 17.6. The predicted octanol–water partition coefficient (Wildman–Crippen LogP) is 2.73. The summed E-state index contributed by atoms with van der Waals surface area (Å²) in [6.07, 6.45) is 7.14. The number of nitrogens with zero attached hydrogens (tertiary/aromatic N) is 3. The molecule has 1 aliphatic rings. The second-order valence-electron chi connectivity index (χ2n) is 6.78. The van der Waals surface area contributed by atoms with Gasteiger partial charge in [-0.05, 0) is 44.0 Å². The topological polar surface area (TPSA) is 50.2 Å². The number of aromatic nitrogens is 2. The van der Waals surface area contributed by atoms with Crippen LogP contribution in [0, 0.1) is 6.92 Å². The number of imidazole rings is 1. The first-order valence-corrected chi connectivity index (χ1v) is 9.24. The fourth-order valence-electron chi connectivity index (χ4n) is 3.58. The molecule has 0 spiro atoms. The lowest BCUT2D eigenvalue weighted by atomic mass is 10.0. The summed E-state index contributed by atoms with van der Waals surface area (Å²) in [6.45, 7) is 7.51. The van der Waals surface area contributed by atoms with Crippen LogP contribution in [0.4, 0.5) is 0 Å². The molecule has 0 bridgehead atoms. The van der Waals surface area contributed by atoms with Gasteiger partial charge in [0.15, 0.2) is 0 Å². The maximum Gasteiger partial charge on any atom is 0.237 e. The lowest BCUT2D eigenvalue weighted by molar-refractivity contribution is -0.127. The first-order chi connectivity index (χ1) is 12.2. The molecule has 5 heteroatoms. The third kappa shape index (κ3) is 4.48. The van der Waals surface area contributed by atoms with Gasteiger partial charge in [0.25, 0.3) is 0 Å². The number of benzene rings is 1. The van der Waals surface area contributed by atoms with Crippen LogP contribution < -0.4 is 5.32 Å². The van der Waals surface area contributed by atoms with Crippen LogP contribution in [0.3, 0.4) is 0 Å². The summed E-state index contributed by atoms with van der Waals surface area (Å²) in [5.74, 6) is 1.17. The molecule has 2 aromatic rings. The Hall–Kier alpha value is -2.14. The number of hydrogen-bond donors (Lipinski definition) is 1. The van der Waals surface area contributed by atoms with Crippen LogP contribution in [0.5, 0.6) is 0 Å². The number of hydrogen-bond acceptors (Lipinski definition) is 3. The molecule has 0 saturated carbocycles. The average molecular weight is 340 g/mol. The molecule has 0 aliphatic carbocycles. The van der Waals surface area contributed by atoms with Gasteiger partial charge in [-0.15, -0.1) is 0 Å². The van der Waals surface area contributed by atoms with E-state index in [9.17, 15) is 4.79 Å². The second-order valence-corrected chi connectivity index (χ2v) is 6.78. The van der Waals surface area contributed by atoms with Gasteiger partial charge in [-0.2, -0.15) is 0 Å². The lowest BCUT2D eigenvalue weighted by Crippen LogP contribution is -2.49. The predicted molar refractivity (Wildman–Crippen MR) is 99.2 cm³/mol. The minimum atomic E-state index is 0.0375. The van der Waals surface area contributed by atoms with Crippen LogP contribution in [-0.2, 0) is 17.9 Å². The minimum Gasteiger partial charge on any atom is -0.351 e. The van der Waals surface area contributed by atoms with Gasteiger partial charge in [0.1, 0.15) is 5.82 Å². The normalized spacial score (nSPS) is 18.2. The molecule has 1 atom stereocenters. The summed E-state index contributed by atoms with van der Waals surface area (Å²) in [7, 11) is 0. The fraction of sp³-hybridized carbons (Fsp3) is 0.500. The lowest BCUT2D eigenvalue weighted by Gasteiger charge is -2.33. The van der Waals surface area contributed by atoms with Crippen molar-refractivity contribution in [3.63, 3.8) is 0 Å². The molecule has 1 amide bonds. The molecule has 0 unspecified atom stereocenters. The van der Waals surface area contributed by atoms with Crippen molar-refractivity contribution in [2.45, 2.75) is 52.2 Å². The van der Waals surface area contributed by atoms with E-state index in [2.05, 4.69) is 51.0 Å². The smallest absolute Gasteiger partial charge is 0.237 e. The first-order valence-electron chi connectivity index (χ1n) is 9.24. The van der Waals surface area contributed by atoms with Crippen molar-refractivity contribution < 1.29 is 4.79 Å². The van der Waals surface area contributed by atoms with Crippen molar-refractivity contribution in [2.75, 3.05) is 13.1 Å². The van der Waals surface area contributed by atoms with Crippen molar-refractivity contribution in [3.05, 3.63) is 53.6 Å². The standard InChI is InChI=1S/C20H28N4O/c1-3-23-11-5-4-9-19(23)20(25)22-14-17-7-6-8-18(13-17)15-24-12-10-21-16(24)2/h6-8,10,12-13,19H,3-5,9,11,14-15H2,1-2H3,(H,22,25)/t19-/m1/s1. The van der Waals surface area contributed by atoms with E-state index in [0.29, 0.717) is 6.54 Å². The van der Waals surface area contributed by atoms with Crippen molar-refractivity contribution in [1.29, 1.82) is 0 Å². The molecule has 134 valence electrons. The number of carbonyl (C=O) groups is 1. The molecule has 3 rings (SSSR count). The maximum atomic E-state index is 12.6. The van der Waals surface area contributed by atoms with E-state index in [4.69, 9.17) is 0 Å². The van der Waals surface area contributed by atoms with Crippen molar-refractivity contribution in [1.82, 2.24) is 19.8 Å². The van der Waals surface area contributed by atoms with Crippen LogP contribution in [0.25, 0.3) is 0 Å². The van der Waals surface area contributed by atoms with Crippen LogP contribution in [0.15, 0.2) is 36.7 Å². The van der Waals surface area contributed by atoms with Gasteiger partial charge < -0.3 is 9.88 Å². The largest absolute Gasteiger partial charge is 0.351 e. The highest BCUT2D eigenvalue weighted by Gasteiger charge is 2.27. The van der Waals surface area contributed by atoms with E-state index in [1.165, 1.54) is 12.0 Å². The van der Waals surface area contributed by atoms with Crippen molar-refractivity contribution in [3.8, 4) is 0 Å². The fourth-order valence-corrected chi connectivity index (χ4v) is 3.58. The average Bonchev–Trinajstić information content (AvgIpc) is 3.04. The molecule has 1 aliphatic heterocycles. The summed E-state index contributed by atoms with van der Waals surface area (Å²) in [4.78, 5) is 19.1. The first kappa shape index (κ1) is 17.7. The molecule has 1 aromatic carbocycles. The molecule has 5 nitrogen and oxygen atoms in total. The number of nitrogens with one attached hydrogen (secondary N) is 1. The van der Waals surface area contributed by atoms with Gasteiger partial charge >= 0.3 is 0 Å². The monoisotopic (exact) mass is 340 g/mol. The maximum absolute atomic E-state index is 12.6. The van der Waals surface area contributed by atoms with E-state index in [0.717, 1.165) is 43.9 Å². The Kier molecular flexibility index (Phi) is 5.87. The number of likely N-dealkylation sites (tertiary alicyclic amines) is 1. The van der Waals surface area contributed by atoms with Gasteiger partial charge in [-0.3, -0.25) is 9.69 Å². The molecular formula is C20H28N4O. The Morgan fingerprint density at radius 3 is 2.92 bits per heavy atom. The summed E-state index contributed by atoms with van der Waals surface area (Å²) in [5, 5.41) is 3.13. The van der Waals surface area contributed by atoms with Gasteiger partial charge in [0.05, 0.1) is 6.04 Å². The highest BCUT2D eigenvalue weighted by molar-refractivity contribution is 5.81. The van der Waals surface area contributed by atoms with E-state index in [1.54, 1.807) is 0 Å². The highest BCUT2D eigenvalue weighted by atomic mass is 16.2. The van der Waals surface area contributed by atoms with E-state index in [1.807, 2.05) is 19.3 Å². The molecule has 1 saturated heterocycles. The van der Waals surface area contributed by atoms with Gasteiger partial charge in [-0.25, -0.2) is 4.98 Å². The highest BCUT2D eigenvalue weighted by Crippen LogP contribution is 2.17. The van der Waals surface area contributed by atoms with Crippen LogP contribution in [-0.4, -0.2) is 39.5 Å². The minimum absolute atomic E-state index is 0.0375. The summed E-state index contributed by atoms with van der Waals surface area (Å²) < 4.78 is 2.12. The molecule has 1 aromatic heterocycles. The zero-order valence-corrected chi connectivity index (χ0v) is 15.2. The van der Waals surface area contributed by atoms with Crippen LogP contribution in [0.2, 0.25) is 0 Å². The quantitative estimate of drug-likeness (QED) is 0.880. The Morgan fingerprint density at radius 2 is 2.16 bits per heavy atom. The SMILES string of the molecule is CCN1CCCC[C@@H]1C(=O)NCc1cccc(Cn2ccnc2C)c1. The number of likely N-dealkylation sites (N-methyl/N-ethyl adjacent to an activating group) is 1. The molecule has 25 heavy (non-hydrogen) atoms. The summed E-state index contributed by atoms with van der Waals surface area (Å²) >= 11 is 0. The van der Waals surface area contributed by atoms with Gasteiger partial charge in [0, 0.05) is 25.5 Å². The molecule has 1 fully saturated rings. The number of aryl methyl sites for hydroxylation is 1. The third-order valence-electron chi connectivity index (χ3n) is 5.06. The Morgan fingerprint density at radius 1 is 1.32 bits per heavy atom. The molecule has 2 heterocycles. The number of amides is 1. The Balaban J connectivity index is 1.58. The van der Waals surface area contributed by atoms with Gasteiger partial charge in [-0.1, -0.05) is 37.6 Å². The third-order valence-corrected chi connectivity index (χ3v) is 5.06. The number of carbonyl (C=O) groups excluding carboxylic acids is 1. The Labute approximate surface area is 150 Å². The molecular weight excluding hydrogens is 312 g/mol. The van der Waals surface area contributed by atoms with E-state index < -0.39 is 0 Å². The zero-order valence-electron chi connectivity index (χ0n) is 15.2.